The topological polar surface area (TPSA) is 42.8 Å². The highest BCUT2D eigenvalue weighted by molar-refractivity contribution is 9.10. The second-order valence-electron chi connectivity index (χ2n) is 6.47. The lowest BCUT2D eigenvalue weighted by Crippen LogP contribution is -2.07. The normalized spacial score (nSPS) is 11.0. The zero-order valence-corrected chi connectivity index (χ0v) is 21.4. The van der Waals surface area contributed by atoms with Gasteiger partial charge in [-0.15, -0.1) is 0 Å². The van der Waals surface area contributed by atoms with Gasteiger partial charge >= 0.3 is 0 Å². The van der Waals surface area contributed by atoms with Crippen molar-refractivity contribution < 1.29 is 9.47 Å². The van der Waals surface area contributed by atoms with E-state index in [9.17, 15) is 0 Å². The number of hydrogen-bond acceptors (Lipinski definition) is 4. The molecule has 0 aliphatic rings. The van der Waals surface area contributed by atoms with Crippen LogP contribution < -0.4 is 14.9 Å². The quantitative estimate of drug-likeness (QED) is 0.207. The number of nitrogens with zero attached hydrogens (tertiary/aromatic N) is 1. The summed E-state index contributed by atoms with van der Waals surface area (Å²) in [5.74, 6) is 1.29. The average Bonchev–Trinajstić information content (AvgIpc) is 2.74. The predicted octanol–water partition coefficient (Wildman–Crippen LogP) is 7.62. The minimum absolute atomic E-state index is 0.420. The van der Waals surface area contributed by atoms with Gasteiger partial charge in [0.1, 0.15) is 6.61 Å². The highest BCUT2D eigenvalue weighted by Gasteiger charge is 2.12. The van der Waals surface area contributed by atoms with Gasteiger partial charge in [-0.05, 0) is 70.4 Å². The SMILES string of the molecule is CCOc1cc(/C=N/NCc2c(Cl)cccc2Cl)cc(Br)c1OCc1ccc(Br)cc1. The summed E-state index contributed by atoms with van der Waals surface area (Å²) in [6.45, 7) is 3.30. The summed E-state index contributed by atoms with van der Waals surface area (Å²) in [6, 6.07) is 17.2. The molecule has 3 rings (SSSR count). The number of benzene rings is 3. The molecule has 0 saturated heterocycles. The zero-order chi connectivity index (χ0) is 22.2. The Kier molecular flexibility index (Phi) is 9.08. The van der Waals surface area contributed by atoms with E-state index in [1.807, 2.05) is 49.4 Å². The van der Waals surface area contributed by atoms with E-state index in [1.165, 1.54) is 0 Å². The van der Waals surface area contributed by atoms with E-state index in [1.54, 1.807) is 18.3 Å². The van der Waals surface area contributed by atoms with E-state index in [4.69, 9.17) is 32.7 Å². The number of hydrogen-bond donors (Lipinski definition) is 1. The first kappa shape index (κ1) is 23.9. The van der Waals surface area contributed by atoms with Crippen molar-refractivity contribution in [3.63, 3.8) is 0 Å². The lowest BCUT2D eigenvalue weighted by atomic mass is 10.2. The molecule has 0 radical (unpaired) electrons. The molecule has 0 aliphatic carbocycles. The summed E-state index contributed by atoms with van der Waals surface area (Å²) in [4.78, 5) is 0. The molecule has 0 saturated carbocycles. The molecular weight excluding hydrogens is 567 g/mol. The van der Waals surface area contributed by atoms with Crippen LogP contribution in [0.15, 0.2) is 68.6 Å². The predicted molar refractivity (Wildman–Crippen MR) is 135 cm³/mol. The summed E-state index contributed by atoms with van der Waals surface area (Å²) in [5.41, 5.74) is 5.69. The second-order valence-corrected chi connectivity index (χ2v) is 9.06. The third kappa shape index (κ3) is 6.88. The second kappa shape index (κ2) is 11.8. The fraction of sp³-hybridized carbons (Fsp3) is 0.174. The highest BCUT2D eigenvalue weighted by Crippen LogP contribution is 2.37. The maximum atomic E-state index is 6.19. The molecule has 162 valence electrons. The van der Waals surface area contributed by atoms with Gasteiger partial charge in [-0.25, -0.2) is 0 Å². The molecule has 1 N–H and O–H groups in total. The molecule has 0 unspecified atom stereocenters. The van der Waals surface area contributed by atoms with Crippen LogP contribution in [0.25, 0.3) is 0 Å². The molecule has 0 amide bonds. The van der Waals surface area contributed by atoms with Crippen LogP contribution in [0, 0.1) is 0 Å². The third-order valence-electron chi connectivity index (χ3n) is 4.25. The summed E-state index contributed by atoms with van der Waals surface area (Å²) in [7, 11) is 0. The summed E-state index contributed by atoms with van der Waals surface area (Å²) >= 11 is 19.4. The van der Waals surface area contributed by atoms with Crippen LogP contribution in [-0.2, 0) is 13.2 Å². The van der Waals surface area contributed by atoms with Crippen LogP contribution in [0.1, 0.15) is 23.6 Å². The van der Waals surface area contributed by atoms with Crippen molar-refractivity contribution in [1.82, 2.24) is 5.43 Å². The van der Waals surface area contributed by atoms with Crippen LogP contribution in [0.2, 0.25) is 10.0 Å². The van der Waals surface area contributed by atoms with Crippen molar-refractivity contribution >= 4 is 61.3 Å². The maximum absolute atomic E-state index is 6.19. The van der Waals surface area contributed by atoms with Crippen molar-refractivity contribution in [3.05, 3.63) is 90.3 Å². The Morgan fingerprint density at radius 1 is 1.00 bits per heavy atom. The van der Waals surface area contributed by atoms with Gasteiger partial charge < -0.3 is 14.9 Å². The largest absolute Gasteiger partial charge is 0.490 e. The Morgan fingerprint density at radius 3 is 2.39 bits per heavy atom. The van der Waals surface area contributed by atoms with E-state index in [0.717, 1.165) is 25.6 Å². The monoisotopic (exact) mass is 584 g/mol. The minimum atomic E-state index is 0.420. The first-order valence-electron chi connectivity index (χ1n) is 9.50. The molecule has 0 spiro atoms. The molecule has 0 aromatic heterocycles. The van der Waals surface area contributed by atoms with Crippen LogP contribution in [0.3, 0.4) is 0 Å². The van der Waals surface area contributed by atoms with Crippen molar-refractivity contribution in [3.8, 4) is 11.5 Å². The average molecular weight is 587 g/mol. The van der Waals surface area contributed by atoms with Crippen molar-refractivity contribution in [1.29, 1.82) is 0 Å². The van der Waals surface area contributed by atoms with E-state index in [0.29, 0.717) is 41.3 Å². The molecule has 0 fully saturated rings. The molecule has 31 heavy (non-hydrogen) atoms. The smallest absolute Gasteiger partial charge is 0.175 e. The van der Waals surface area contributed by atoms with E-state index >= 15 is 0 Å². The molecule has 0 bridgehead atoms. The first-order chi connectivity index (χ1) is 15.0. The number of rotatable bonds is 9. The standard InChI is InChI=1S/C23H20Br2Cl2N2O2/c1-2-30-22-11-16(12-28-29-13-18-20(26)4-3-5-21(18)27)10-19(25)23(22)31-14-15-6-8-17(24)9-7-15/h3-12,29H,2,13-14H2,1H3/b28-12+. The van der Waals surface area contributed by atoms with Gasteiger partial charge in [-0.2, -0.15) is 5.10 Å². The number of hydrazone groups is 1. The zero-order valence-electron chi connectivity index (χ0n) is 16.7. The number of nitrogens with one attached hydrogen (secondary N) is 1. The first-order valence-corrected chi connectivity index (χ1v) is 11.8. The van der Waals surface area contributed by atoms with Crippen molar-refractivity contribution in [2.45, 2.75) is 20.1 Å². The highest BCUT2D eigenvalue weighted by atomic mass is 79.9. The van der Waals surface area contributed by atoms with Crippen LogP contribution in [0.4, 0.5) is 0 Å². The van der Waals surface area contributed by atoms with Gasteiger partial charge in [0.25, 0.3) is 0 Å². The van der Waals surface area contributed by atoms with Gasteiger partial charge in [-0.1, -0.05) is 57.3 Å². The van der Waals surface area contributed by atoms with E-state index in [-0.39, 0.29) is 0 Å². The van der Waals surface area contributed by atoms with Gasteiger partial charge in [0.05, 0.1) is 23.8 Å². The molecule has 8 heteroatoms. The summed E-state index contributed by atoms with van der Waals surface area (Å²) in [5, 5.41) is 5.48. The fourth-order valence-electron chi connectivity index (χ4n) is 2.75. The Morgan fingerprint density at radius 2 is 1.71 bits per heavy atom. The summed E-state index contributed by atoms with van der Waals surface area (Å²) in [6.07, 6.45) is 1.70. The van der Waals surface area contributed by atoms with Crippen molar-refractivity contribution in [2.75, 3.05) is 6.61 Å². The van der Waals surface area contributed by atoms with Crippen LogP contribution >= 0.6 is 55.1 Å². The molecule has 3 aromatic carbocycles. The molecule has 0 aliphatic heterocycles. The van der Waals surface area contributed by atoms with Gasteiger partial charge in [-0.3, -0.25) is 0 Å². The molecule has 0 atom stereocenters. The van der Waals surface area contributed by atoms with Gasteiger partial charge in [0, 0.05) is 20.1 Å². The third-order valence-corrected chi connectivity index (χ3v) is 6.08. The number of halogens is 4. The van der Waals surface area contributed by atoms with E-state index in [2.05, 4.69) is 42.4 Å². The van der Waals surface area contributed by atoms with Crippen LogP contribution in [-0.4, -0.2) is 12.8 Å². The molecule has 3 aromatic rings. The lowest BCUT2D eigenvalue weighted by molar-refractivity contribution is 0.267. The van der Waals surface area contributed by atoms with E-state index < -0.39 is 0 Å². The van der Waals surface area contributed by atoms with Crippen molar-refractivity contribution in [2.24, 2.45) is 5.10 Å². The molecule has 4 nitrogen and oxygen atoms in total. The Labute approximate surface area is 208 Å². The van der Waals surface area contributed by atoms with Gasteiger partial charge in [0.15, 0.2) is 11.5 Å². The molecule has 0 heterocycles. The summed E-state index contributed by atoms with van der Waals surface area (Å²) < 4.78 is 13.6. The Hall–Kier alpha value is -1.73. The van der Waals surface area contributed by atoms with Crippen LogP contribution in [0.5, 0.6) is 11.5 Å². The minimum Gasteiger partial charge on any atom is -0.490 e. The maximum Gasteiger partial charge on any atom is 0.175 e. The lowest BCUT2D eigenvalue weighted by Gasteiger charge is -2.15. The fourth-order valence-corrected chi connectivity index (χ4v) is 4.12. The Balaban J connectivity index is 1.70. The van der Waals surface area contributed by atoms with Gasteiger partial charge in [0.2, 0.25) is 0 Å². The number of ether oxygens (including phenoxy) is 2. The molecular formula is C23H20Br2Cl2N2O2. The Bertz CT molecular complexity index is 1040.